The van der Waals surface area contributed by atoms with Crippen LogP contribution < -0.4 is 21.1 Å². The van der Waals surface area contributed by atoms with Crippen LogP contribution in [0.25, 0.3) is 0 Å². The lowest BCUT2D eigenvalue weighted by Crippen LogP contribution is -2.28. The van der Waals surface area contributed by atoms with Gasteiger partial charge < -0.3 is 21.1 Å². The van der Waals surface area contributed by atoms with Crippen molar-refractivity contribution in [1.82, 2.24) is 5.32 Å². The third-order valence-electron chi connectivity index (χ3n) is 4.85. The maximum Gasteiger partial charge on any atom is 0.262 e. The second-order valence-corrected chi connectivity index (χ2v) is 7.35. The largest absolute Gasteiger partial charge is 0.483 e. The van der Waals surface area contributed by atoms with Crippen molar-refractivity contribution >= 4 is 23.4 Å². The fraction of sp³-hybridized carbons (Fsp3) is 0.160. The van der Waals surface area contributed by atoms with Crippen LogP contribution in [0, 0.1) is 6.92 Å². The highest BCUT2D eigenvalue weighted by Crippen LogP contribution is 2.21. The van der Waals surface area contributed by atoms with Gasteiger partial charge in [0.25, 0.3) is 17.7 Å². The lowest BCUT2D eigenvalue weighted by atomic mass is 10.1. The summed E-state index contributed by atoms with van der Waals surface area (Å²) in [4.78, 5) is 36.9. The standard InChI is InChI=1S/C25H25N3O4/c1-16-12-13-20(24(26)30)22(14-16)32-15-23(29)28-21-11-7-6-10-19(21)25(31)27-17(2)18-8-4-3-5-9-18/h3-14,17H,15H2,1-2H3,(H2,26,30)(H,27,31)(H,28,29). The Balaban J connectivity index is 1.67. The molecule has 7 heteroatoms. The Bertz CT molecular complexity index is 1130. The molecule has 0 radical (unpaired) electrons. The molecule has 3 aromatic carbocycles. The first kappa shape index (κ1) is 22.6. The second kappa shape index (κ2) is 10.3. The Labute approximate surface area is 186 Å². The van der Waals surface area contributed by atoms with E-state index >= 15 is 0 Å². The Hall–Kier alpha value is -4.13. The first-order valence-corrected chi connectivity index (χ1v) is 10.1. The third kappa shape index (κ3) is 5.72. The van der Waals surface area contributed by atoms with Crippen molar-refractivity contribution in [3.05, 3.63) is 95.1 Å². The van der Waals surface area contributed by atoms with Crippen LogP contribution in [-0.4, -0.2) is 24.3 Å². The maximum absolute atomic E-state index is 12.8. The summed E-state index contributed by atoms with van der Waals surface area (Å²) in [5.74, 6) is -1.20. The summed E-state index contributed by atoms with van der Waals surface area (Å²) in [6.45, 7) is 3.38. The highest BCUT2D eigenvalue weighted by molar-refractivity contribution is 6.04. The van der Waals surface area contributed by atoms with Crippen LogP contribution in [0.15, 0.2) is 72.8 Å². The van der Waals surface area contributed by atoms with Crippen molar-refractivity contribution in [1.29, 1.82) is 0 Å². The summed E-state index contributed by atoms with van der Waals surface area (Å²) in [6.07, 6.45) is 0. The van der Waals surface area contributed by atoms with Gasteiger partial charge in [0, 0.05) is 0 Å². The van der Waals surface area contributed by atoms with Gasteiger partial charge in [-0.1, -0.05) is 48.5 Å². The molecular weight excluding hydrogens is 406 g/mol. The third-order valence-corrected chi connectivity index (χ3v) is 4.85. The van der Waals surface area contributed by atoms with E-state index in [0.29, 0.717) is 11.3 Å². The van der Waals surface area contributed by atoms with Gasteiger partial charge in [-0.15, -0.1) is 0 Å². The molecule has 0 aromatic heterocycles. The normalized spacial score (nSPS) is 11.3. The van der Waals surface area contributed by atoms with Crippen LogP contribution in [0.2, 0.25) is 0 Å². The zero-order valence-corrected chi connectivity index (χ0v) is 17.9. The molecule has 3 aromatic rings. The summed E-state index contributed by atoms with van der Waals surface area (Å²) in [6, 6.07) is 21.0. The summed E-state index contributed by atoms with van der Waals surface area (Å²) in [5.41, 5.74) is 8.08. The average molecular weight is 431 g/mol. The van der Waals surface area contributed by atoms with Crippen molar-refractivity contribution in [2.45, 2.75) is 19.9 Å². The van der Waals surface area contributed by atoms with Gasteiger partial charge in [0.1, 0.15) is 5.75 Å². The predicted molar refractivity (Wildman–Crippen MR) is 123 cm³/mol. The van der Waals surface area contributed by atoms with Crippen molar-refractivity contribution < 1.29 is 19.1 Å². The lowest BCUT2D eigenvalue weighted by Gasteiger charge is -2.16. The van der Waals surface area contributed by atoms with Crippen molar-refractivity contribution in [3.8, 4) is 5.75 Å². The number of hydrogen-bond acceptors (Lipinski definition) is 4. The van der Waals surface area contributed by atoms with Gasteiger partial charge in [0.15, 0.2) is 6.61 Å². The average Bonchev–Trinajstić information content (AvgIpc) is 2.78. The molecule has 0 bridgehead atoms. The molecule has 0 saturated heterocycles. The van der Waals surface area contributed by atoms with E-state index in [1.54, 1.807) is 42.5 Å². The summed E-state index contributed by atoms with van der Waals surface area (Å²) in [7, 11) is 0. The highest BCUT2D eigenvalue weighted by atomic mass is 16.5. The monoisotopic (exact) mass is 431 g/mol. The van der Waals surface area contributed by atoms with Gasteiger partial charge in [-0.05, 0) is 49.2 Å². The van der Waals surface area contributed by atoms with E-state index in [2.05, 4.69) is 10.6 Å². The van der Waals surface area contributed by atoms with Crippen molar-refractivity contribution in [3.63, 3.8) is 0 Å². The number of carbonyl (C=O) groups excluding carboxylic acids is 3. The van der Waals surface area contributed by atoms with Crippen molar-refractivity contribution in [2.75, 3.05) is 11.9 Å². The van der Waals surface area contributed by atoms with E-state index in [4.69, 9.17) is 10.5 Å². The minimum absolute atomic E-state index is 0.193. The van der Waals surface area contributed by atoms with E-state index in [0.717, 1.165) is 11.1 Å². The number of para-hydroxylation sites is 1. The molecular formula is C25H25N3O4. The van der Waals surface area contributed by atoms with Gasteiger partial charge in [0.2, 0.25) is 0 Å². The molecule has 4 N–H and O–H groups in total. The van der Waals surface area contributed by atoms with E-state index in [9.17, 15) is 14.4 Å². The summed E-state index contributed by atoms with van der Waals surface area (Å²) < 4.78 is 5.52. The van der Waals surface area contributed by atoms with Gasteiger partial charge in [-0.2, -0.15) is 0 Å². The zero-order chi connectivity index (χ0) is 23.1. The van der Waals surface area contributed by atoms with Crippen LogP contribution >= 0.6 is 0 Å². The SMILES string of the molecule is Cc1ccc(C(N)=O)c(OCC(=O)Nc2ccccc2C(=O)NC(C)c2ccccc2)c1. The molecule has 32 heavy (non-hydrogen) atoms. The molecule has 3 amide bonds. The number of anilines is 1. The quantitative estimate of drug-likeness (QED) is 0.506. The Morgan fingerprint density at radius 3 is 2.34 bits per heavy atom. The van der Waals surface area contributed by atoms with Crippen LogP contribution in [-0.2, 0) is 4.79 Å². The Morgan fingerprint density at radius 2 is 1.62 bits per heavy atom. The maximum atomic E-state index is 12.8. The number of hydrogen-bond donors (Lipinski definition) is 3. The zero-order valence-electron chi connectivity index (χ0n) is 17.9. The van der Waals surface area contributed by atoms with Crippen LogP contribution in [0.1, 0.15) is 44.8 Å². The van der Waals surface area contributed by atoms with E-state index in [-0.39, 0.29) is 29.9 Å². The van der Waals surface area contributed by atoms with Crippen LogP contribution in [0.3, 0.4) is 0 Å². The molecule has 1 atom stereocenters. The fourth-order valence-corrected chi connectivity index (χ4v) is 3.17. The molecule has 1 unspecified atom stereocenters. The number of rotatable bonds is 8. The smallest absolute Gasteiger partial charge is 0.262 e. The highest BCUT2D eigenvalue weighted by Gasteiger charge is 2.17. The van der Waals surface area contributed by atoms with Crippen molar-refractivity contribution in [2.24, 2.45) is 5.73 Å². The number of nitrogens with one attached hydrogen (secondary N) is 2. The lowest BCUT2D eigenvalue weighted by molar-refractivity contribution is -0.118. The topological polar surface area (TPSA) is 111 Å². The first-order valence-electron chi connectivity index (χ1n) is 10.1. The Kier molecular flexibility index (Phi) is 7.23. The number of aryl methyl sites for hydroxylation is 1. The number of nitrogens with two attached hydrogens (primary N) is 1. The molecule has 0 aliphatic carbocycles. The number of benzene rings is 3. The molecule has 0 aliphatic heterocycles. The van der Waals surface area contributed by atoms with Gasteiger partial charge in [-0.3, -0.25) is 14.4 Å². The predicted octanol–water partition coefficient (Wildman–Crippen LogP) is 3.60. The van der Waals surface area contributed by atoms with Crippen LogP contribution in [0.4, 0.5) is 5.69 Å². The minimum Gasteiger partial charge on any atom is -0.483 e. The fourth-order valence-electron chi connectivity index (χ4n) is 3.17. The van der Waals surface area contributed by atoms with E-state index in [1.165, 1.54) is 0 Å². The van der Waals surface area contributed by atoms with E-state index in [1.807, 2.05) is 44.2 Å². The molecule has 0 fully saturated rings. The first-order chi connectivity index (χ1) is 15.3. The Morgan fingerprint density at radius 1 is 0.938 bits per heavy atom. The molecule has 0 heterocycles. The summed E-state index contributed by atoms with van der Waals surface area (Å²) in [5, 5.41) is 5.63. The molecule has 164 valence electrons. The minimum atomic E-state index is -0.644. The number of carbonyl (C=O) groups is 3. The van der Waals surface area contributed by atoms with Crippen LogP contribution in [0.5, 0.6) is 5.75 Å². The van der Waals surface area contributed by atoms with E-state index < -0.39 is 11.8 Å². The molecule has 0 saturated carbocycles. The number of ether oxygens (including phenoxy) is 1. The summed E-state index contributed by atoms with van der Waals surface area (Å²) >= 11 is 0. The van der Waals surface area contributed by atoms with Gasteiger partial charge in [0.05, 0.1) is 22.9 Å². The number of primary amides is 1. The molecule has 0 aliphatic rings. The second-order valence-electron chi connectivity index (χ2n) is 7.35. The molecule has 7 nitrogen and oxygen atoms in total. The molecule has 0 spiro atoms. The molecule has 3 rings (SSSR count). The van der Waals surface area contributed by atoms with Gasteiger partial charge >= 0.3 is 0 Å². The number of amides is 3. The van der Waals surface area contributed by atoms with Gasteiger partial charge in [-0.25, -0.2) is 0 Å².